The molecule has 1 aliphatic rings. The molecule has 0 bridgehead atoms. The predicted octanol–water partition coefficient (Wildman–Crippen LogP) is 0.921. The van der Waals surface area contributed by atoms with Crippen LogP contribution in [-0.2, 0) is 4.79 Å². The van der Waals surface area contributed by atoms with Crippen molar-refractivity contribution in [2.45, 2.75) is 26.2 Å². The number of hydrogen-bond acceptors (Lipinski definition) is 2. The van der Waals surface area contributed by atoms with Crippen molar-refractivity contribution in [3.05, 3.63) is 0 Å². The van der Waals surface area contributed by atoms with Crippen LogP contribution in [0.15, 0.2) is 0 Å². The van der Waals surface area contributed by atoms with E-state index in [-0.39, 0.29) is 11.8 Å². The molecule has 3 nitrogen and oxygen atoms in total. The average molecular weight is 200 g/mol. The molecule has 0 spiro atoms. The first-order valence-corrected chi connectivity index (χ1v) is 5.13. The Bertz CT molecular complexity index is 214. The predicted molar refractivity (Wildman–Crippen MR) is 56.4 cm³/mol. The first kappa shape index (κ1) is 10.4. The Hall–Kier alpha value is -0.640. The lowest BCUT2D eigenvalue weighted by atomic mass is 10.3. The van der Waals surface area contributed by atoms with Gasteiger partial charge in [-0.15, -0.1) is 0 Å². The van der Waals surface area contributed by atoms with Crippen LogP contribution in [0.3, 0.4) is 0 Å². The Kier molecular flexibility index (Phi) is 3.66. The van der Waals surface area contributed by atoms with Gasteiger partial charge in [0.1, 0.15) is 0 Å². The maximum Gasteiger partial charge on any atom is 0.226 e. The van der Waals surface area contributed by atoms with Gasteiger partial charge in [0.05, 0.1) is 11.5 Å². The molecule has 1 rings (SSSR count). The Labute approximate surface area is 84.3 Å². The Morgan fingerprint density at radius 2 is 2.23 bits per heavy atom. The fourth-order valence-electron chi connectivity index (χ4n) is 1.31. The van der Waals surface area contributed by atoms with E-state index in [2.05, 4.69) is 0 Å². The Morgan fingerprint density at radius 1 is 1.62 bits per heavy atom. The second-order valence-electron chi connectivity index (χ2n) is 3.50. The van der Waals surface area contributed by atoms with Crippen LogP contribution in [0.2, 0.25) is 0 Å². The second-order valence-corrected chi connectivity index (χ2v) is 4.02. The number of nitrogens with two attached hydrogens (primary N) is 1. The van der Waals surface area contributed by atoms with E-state index in [1.807, 2.05) is 6.92 Å². The van der Waals surface area contributed by atoms with Gasteiger partial charge in [-0.05, 0) is 19.3 Å². The fraction of sp³-hybridized carbons (Fsp3) is 0.778. The first-order chi connectivity index (χ1) is 6.15. The zero-order valence-electron chi connectivity index (χ0n) is 7.95. The lowest BCUT2D eigenvalue weighted by Gasteiger charge is -2.21. The third-order valence-electron chi connectivity index (χ3n) is 2.08. The van der Waals surface area contributed by atoms with Gasteiger partial charge in [-0.3, -0.25) is 4.79 Å². The lowest BCUT2D eigenvalue weighted by Crippen LogP contribution is -2.39. The summed E-state index contributed by atoms with van der Waals surface area (Å²) < 4.78 is 0. The topological polar surface area (TPSA) is 46.3 Å². The lowest BCUT2D eigenvalue weighted by molar-refractivity contribution is -0.131. The maximum absolute atomic E-state index is 11.6. The average Bonchev–Trinajstić information content (AvgIpc) is 2.84. The van der Waals surface area contributed by atoms with Crippen molar-refractivity contribution in [2.75, 3.05) is 13.1 Å². The molecule has 0 unspecified atom stereocenters. The summed E-state index contributed by atoms with van der Waals surface area (Å²) in [5.41, 5.74) is 5.42. The molecule has 2 N–H and O–H groups in total. The van der Waals surface area contributed by atoms with E-state index < -0.39 is 0 Å². The molecule has 0 heterocycles. The zero-order valence-corrected chi connectivity index (χ0v) is 8.77. The maximum atomic E-state index is 11.6. The van der Waals surface area contributed by atoms with Crippen LogP contribution in [0.25, 0.3) is 0 Å². The van der Waals surface area contributed by atoms with Crippen LogP contribution in [0.1, 0.15) is 26.2 Å². The van der Waals surface area contributed by atoms with Gasteiger partial charge in [0.15, 0.2) is 0 Å². The quantitative estimate of drug-likeness (QED) is 0.671. The molecule has 0 atom stereocenters. The normalized spacial score (nSPS) is 15.5. The monoisotopic (exact) mass is 200 g/mol. The van der Waals surface area contributed by atoms with Crippen molar-refractivity contribution in [3.8, 4) is 0 Å². The summed E-state index contributed by atoms with van der Waals surface area (Å²) in [7, 11) is 0. The van der Waals surface area contributed by atoms with Crippen LogP contribution in [0.5, 0.6) is 0 Å². The van der Waals surface area contributed by atoms with Gasteiger partial charge in [-0.2, -0.15) is 0 Å². The van der Waals surface area contributed by atoms with Crippen molar-refractivity contribution >= 4 is 23.1 Å². The van der Waals surface area contributed by atoms with E-state index in [0.717, 1.165) is 25.8 Å². The highest BCUT2D eigenvalue weighted by atomic mass is 32.1. The second kappa shape index (κ2) is 4.56. The third-order valence-corrected chi connectivity index (χ3v) is 2.21. The van der Waals surface area contributed by atoms with Gasteiger partial charge in [0, 0.05) is 12.5 Å². The van der Waals surface area contributed by atoms with E-state index in [4.69, 9.17) is 18.0 Å². The summed E-state index contributed by atoms with van der Waals surface area (Å²) in [6.45, 7) is 3.26. The van der Waals surface area contributed by atoms with Crippen LogP contribution >= 0.6 is 12.2 Å². The van der Waals surface area contributed by atoms with Crippen LogP contribution in [0.4, 0.5) is 0 Å². The molecule has 0 aliphatic heterocycles. The molecule has 1 saturated carbocycles. The summed E-state index contributed by atoms with van der Waals surface area (Å²) in [6, 6.07) is 0. The number of carbonyl (C=O) groups excluding carboxylic acids is 1. The minimum atomic E-state index is 0.231. The van der Waals surface area contributed by atoms with E-state index in [9.17, 15) is 4.79 Å². The first-order valence-electron chi connectivity index (χ1n) is 4.72. The number of amides is 1. The van der Waals surface area contributed by atoms with Crippen molar-refractivity contribution in [2.24, 2.45) is 11.7 Å². The number of rotatable bonds is 5. The largest absolute Gasteiger partial charge is 0.392 e. The van der Waals surface area contributed by atoms with Crippen molar-refractivity contribution in [1.29, 1.82) is 0 Å². The van der Waals surface area contributed by atoms with E-state index in [0.29, 0.717) is 11.5 Å². The van der Waals surface area contributed by atoms with Gasteiger partial charge < -0.3 is 10.6 Å². The molecule has 0 aromatic heterocycles. The van der Waals surface area contributed by atoms with Crippen LogP contribution in [-0.4, -0.2) is 28.9 Å². The summed E-state index contributed by atoms with van der Waals surface area (Å²) in [4.78, 5) is 13.8. The minimum absolute atomic E-state index is 0.231. The summed E-state index contributed by atoms with van der Waals surface area (Å²) in [5, 5.41) is 0. The number of carbonyl (C=O) groups is 1. The molecule has 4 heteroatoms. The summed E-state index contributed by atoms with van der Waals surface area (Å²) in [6.07, 6.45) is 3.04. The zero-order chi connectivity index (χ0) is 9.84. The molecule has 1 fully saturated rings. The molecule has 13 heavy (non-hydrogen) atoms. The van der Waals surface area contributed by atoms with Gasteiger partial charge in [0.2, 0.25) is 5.91 Å². The van der Waals surface area contributed by atoms with Gasteiger partial charge in [-0.1, -0.05) is 19.1 Å². The minimum Gasteiger partial charge on any atom is -0.392 e. The van der Waals surface area contributed by atoms with Crippen molar-refractivity contribution in [3.63, 3.8) is 0 Å². The number of nitrogens with zero attached hydrogens (tertiary/aromatic N) is 1. The number of thiocarbonyl (C=S) groups is 1. The van der Waals surface area contributed by atoms with Gasteiger partial charge >= 0.3 is 0 Å². The molecular formula is C9H16N2OS. The van der Waals surface area contributed by atoms with E-state index in [1.165, 1.54) is 0 Å². The third kappa shape index (κ3) is 3.30. The van der Waals surface area contributed by atoms with Crippen LogP contribution < -0.4 is 5.73 Å². The van der Waals surface area contributed by atoms with E-state index >= 15 is 0 Å². The highest BCUT2D eigenvalue weighted by Gasteiger charge is 2.33. The van der Waals surface area contributed by atoms with E-state index in [1.54, 1.807) is 4.90 Å². The molecule has 1 amide bonds. The molecule has 74 valence electrons. The molecule has 0 aromatic rings. The molecule has 0 radical (unpaired) electrons. The van der Waals surface area contributed by atoms with Crippen molar-refractivity contribution in [1.82, 2.24) is 4.90 Å². The summed E-state index contributed by atoms with van der Waals surface area (Å²) >= 11 is 4.80. The Balaban J connectivity index is 2.44. The molecule has 0 aromatic carbocycles. The highest BCUT2D eigenvalue weighted by Crippen LogP contribution is 2.30. The SMILES string of the molecule is CCCN(CC(N)=S)C(=O)C1CC1. The van der Waals surface area contributed by atoms with Gasteiger partial charge in [-0.25, -0.2) is 0 Å². The fourth-order valence-corrected chi connectivity index (χ4v) is 1.47. The molecule has 0 saturated heterocycles. The van der Waals surface area contributed by atoms with Crippen LogP contribution in [0, 0.1) is 5.92 Å². The molecular weight excluding hydrogens is 184 g/mol. The Morgan fingerprint density at radius 3 is 2.62 bits per heavy atom. The smallest absolute Gasteiger partial charge is 0.226 e. The highest BCUT2D eigenvalue weighted by molar-refractivity contribution is 7.80. The van der Waals surface area contributed by atoms with Crippen molar-refractivity contribution < 1.29 is 4.79 Å². The standard InChI is InChI=1S/C9H16N2OS/c1-2-5-11(6-8(10)13)9(12)7-3-4-7/h7H,2-6H2,1H3,(H2,10,13). The summed E-state index contributed by atoms with van der Waals surface area (Å²) in [5.74, 6) is 0.496. The number of hydrogen-bond donors (Lipinski definition) is 1. The molecule has 1 aliphatic carbocycles. The van der Waals surface area contributed by atoms with Gasteiger partial charge in [0.25, 0.3) is 0 Å².